The highest BCUT2D eigenvalue weighted by Crippen LogP contribution is 2.23. The summed E-state index contributed by atoms with van der Waals surface area (Å²) in [6.07, 6.45) is 1.48. The van der Waals surface area contributed by atoms with Crippen LogP contribution >= 0.6 is 11.3 Å². The molecule has 1 heterocycles. The van der Waals surface area contributed by atoms with Gasteiger partial charge in [0.1, 0.15) is 0 Å². The van der Waals surface area contributed by atoms with Gasteiger partial charge in [0.05, 0.1) is 11.3 Å². The van der Waals surface area contributed by atoms with Gasteiger partial charge >= 0.3 is 5.97 Å². The minimum atomic E-state index is -1.05. The lowest BCUT2D eigenvalue weighted by atomic mass is 10.0. The van der Waals surface area contributed by atoms with Gasteiger partial charge in [0.2, 0.25) is 5.91 Å². The number of rotatable bonds is 4. The fourth-order valence-corrected chi connectivity index (χ4v) is 3.20. The van der Waals surface area contributed by atoms with Gasteiger partial charge in [-0.15, -0.1) is 11.3 Å². The summed E-state index contributed by atoms with van der Waals surface area (Å²) in [4.78, 5) is 23.2. The maximum Gasteiger partial charge on any atom is 0.338 e. The third-order valence-corrected chi connectivity index (χ3v) is 4.45. The maximum atomic E-state index is 12.2. The number of carbonyl (C=O) groups is 2. The van der Waals surface area contributed by atoms with E-state index in [1.165, 1.54) is 22.8 Å². The highest BCUT2D eigenvalue weighted by Gasteiger charge is 2.12. The fourth-order valence-electron chi connectivity index (χ4n) is 2.44. The number of anilines is 1. The Kier molecular flexibility index (Phi) is 4.44. The molecule has 3 aromatic rings. The normalized spacial score (nSPS) is 11.5. The minimum absolute atomic E-state index is 0.102. The van der Waals surface area contributed by atoms with Crippen LogP contribution in [-0.2, 0) is 4.79 Å². The molecule has 1 aromatic heterocycles. The summed E-state index contributed by atoms with van der Waals surface area (Å²) in [5.41, 5.74) is 2.18. The number of hydrogen-bond donors (Lipinski definition) is 2. The Morgan fingerprint density at radius 2 is 1.83 bits per heavy atom. The molecule has 0 spiro atoms. The molecule has 3 rings (SSSR count). The second kappa shape index (κ2) is 6.68. The number of nitrogens with one attached hydrogen (secondary N) is 1. The van der Waals surface area contributed by atoms with E-state index in [9.17, 15) is 9.59 Å². The van der Waals surface area contributed by atoms with Crippen LogP contribution in [0.3, 0.4) is 0 Å². The topological polar surface area (TPSA) is 66.4 Å². The van der Waals surface area contributed by atoms with E-state index in [0.29, 0.717) is 5.69 Å². The van der Waals surface area contributed by atoms with Crippen LogP contribution < -0.4 is 5.32 Å². The number of allylic oxidation sites excluding steroid dienone is 1. The zero-order valence-electron chi connectivity index (χ0n) is 12.9. The van der Waals surface area contributed by atoms with E-state index in [1.54, 1.807) is 5.38 Å². The van der Waals surface area contributed by atoms with Crippen molar-refractivity contribution in [1.29, 1.82) is 0 Å². The van der Waals surface area contributed by atoms with Crippen molar-refractivity contribution >= 4 is 45.2 Å². The van der Waals surface area contributed by atoms with E-state index in [2.05, 4.69) is 5.32 Å². The van der Waals surface area contributed by atoms with Crippen molar-refractivity contribution < 1.29 is 14.7 Å². The Hall–Kier alpha value is -2.92. The van der Waals surface area contributed by atoms with Crippen molar-refractivity contribution in [1.82, 2.24) is 0 Å². The quantitative estimate of drug-likeness (QED) is 0.682. The summed E-state index contributed by atoms with van der Waals surface area (Å²) in [6.45, 7) is 1.86. The SMILES string of the molecule is C/C(=C/C(=O)Nc1cscc1C(=O)O)c1ccc2ccccc2c1. The molecule has 0 fully saturated rings. The first-order valence-electron chi connectivity index (χ1n) is 7.32. The zero-order chi connectivity index (χ0) is 17.1. The molecular formula is C19H15NO3S. The van der Waals surface area contributed by atoms with Gasteiger partial charge in [-0.25, -0.2) is 4.79 Å². The molecule has 0 aliphatic carbocycles. The van der Waals surface area contributed by atoms with Gasteiger partial charge in [0.15, 0.2) is 0 Å². The molecule has 5 heteroatoms. The average Bonchev–Trinajstić information content (AvgIpc) is 3.02. The first-order chi connectivity index (χ1) is 11.5. The Balaban J connectivity index is 1.82. The van der Waals surface area contributed by atoms with Crippen LogP contribution in [0.25, 0.3) is 16.3 Å². The van der Waals surface area contributed by atoms with Gasteiger partial charge in [-0.3, -0.25) is 4.79 Å². The van der Waals surface area contributed by atoms with Crippen LogP contribution in [0.15, 0.2) is 59.3 Å². The highest BCUT2D eigenvalue weighted by molar-refractivity contribution is 7.08. The number of amides is 1. The number of fused-ring (bicyclic) bond motifs is 1. The van der Waals surface area contributed by atoms with Crippen molar-refractivity contribution in [2.75, 3.05) is 5.32 Å². The molecule has 2 aromatic carbocycles. The Morgan fingerprint density at radius 1 is 1.08 bits per heavy atom. The monoisotopic (exact) mass is 337 g/mol. The Morgan fingerprint density at radius 3 is 2.58 bits per heavy atom. The molecule has 0 bridgehead atoms. The fraction of sp³-hybridized carbons (Fsp3) is 0.0526. The Labute approximate surface area is 143 Å². The Bertz CT molecular complexity index is 956. The second-order valence-corrected chi connectivity index (χ2v) is 6.13. The zero-order valence-corrected chi connectivity index (χ0v) is 13.8. The van der Waals surface area contributed by atoms with E-state index in [1.807, 2.05) is 49.4 Å². The van der Waals surface area contributed by atoms with Crippen molar-refractivity contribution in [3.05, 3.63) is 70.4 Å². The van der Waals surface area contributed by atoms with E-state index in [4.69, 9.17) is 5.11 Å². The maximum absolute atomic E-state index is 12.2. The van der Waals surface area contributed by atoms with E-state index in [-0.39, 0.29) is 11.5 Å². The van der Waals surface area contributed by atoms with E-state index >= 15 is 0 Å². The van der Waals surface area contributed by atoms with Crippen LogP contribution in [0.1, 0.15) is 22.8 Å². The molecule has 0 saturated heterocycles. The first-order valence-corrected chi connectivity index (χ1v) is 8.27. The number of benzene rings is 2. The number of carboxylic acids is 1. The number of thiophene rings is 1. The van der Waals surface area contributed by atoms with Crippen molar-refractivity contribution in [3.8, 4) is 0 Å². The highest BCUT2D eigenvalue weighted by atomic mass is 32.1. The van der Waals surface area contributed by atoms with Gasteiger partial charge < -0.3 is 10.4 Å². The molecule has 0 saturated carbocycles. The predicted molar refractivity (Wildman–Crippen MR) is 97.5 cm³/mol. The molecule has 0 aliphatic rings. The standard InChI is InChI=1S/C19H15NO3S/c1-12(14-7-6-13-4-2-3-5-15(13)9-14)8-18(21)20-17-11-24-10-16(17)19(22)23/h2-11H,1H3,(H,20,21)(H,22,23)/b12-8-. The summed E-state index contributed by atoms with van der Waals surface area (Å²) >= 11 is 1.24. The number of aromatic carboxylic acids is 1. The molecule has 0 radical (unpaired) electrons. The number of carbonyl (C=O) groups excluding carboxylic acids is 1. The summed E-state index contributed by atoms with van der Waals surface area (Å²) in [7, 11) is 0. The van der Waals surface area contributed by atoms with Crippen LogP contribution in [0.5, 0.6) is 0 Å². The lowest BCUT2D eigenvalue weighted by molar-refractivity contribution is -0.111. The van der Waals surface area contributed by atoms with Crippen molar-refractivity contribution in [2.45, 2.75) is 6.92 Å². The molecule has 0 atom stereocenters. The molecule has 0 unspecified atom stereocenters. The third-order valence-electron chi connectivity index (χ3n) is 3.70. The summed E-state index contributed by atoms with van der Waals surface area (Å²) in [6, 6.07) is 14.0. The molecule has 120 valence electrons. The predicted octanol–water partition coefficient (Wildman–Crippen LogP) is 4.64. The summed E-state index contributed by atoms with van der Waals surface area (Å²) < 4.78 is 0. The van der Waals surface area contributed by atoms with E-state index < -0.39 is 5.97 Å². The van der Waals surface area contributed by atoms with Crippen LogP contribution in [-0.4, -0.2) is 17.0 Å². The second-order valence-electron chi connectivity index (χ2n) is 5.38. The van der Waals surface area contributed by atoms with Gasteiger partial charge in [-0.1, -0.05) is 36.4 Å². The van der Waals surface area contributed by atoms with Gasteiger partial charge in [0.25, 0.3) is 0 Å². The van der Waals surface area contributed by atoms with Gasteiger partial charge in [-0.2, -0.15) is 0 Å². The third kappa shape index (κ3) is 3.36. The van der Waals surface area contributed by atoms with Gasteiger partial charge in [0, 0.05) is 16.8 Å². The smallest absolute Gasteiger partial charge is 0.338 e. The lowest BCUT2D eigenvalue weighted by Crippen LogP contribution is -2.11. The first kappa shape index (κ1) is 16.0. The van der Waals surface area contributed by atoms with E-state index in [0.717, 1.165) is 21.9 Å². The minimum Gasteiger partial charge on any atom is -0.478 e. The van der Waals surface area contributed by atoms with Crippen molar-refractivity contribution in [3.63, 3.8) is 0 Å². The summed E-state index contributed by atoms with van der Waals surface area (Å²) in [5, 5.41) is 17.0. The van der Waals surface area contributed by atoms with Crippen LogP contribution in [0, 0.1) is 0 Å². The van der Waals surface area contributed by atoms with Crippen molar-refractivity contribution in [2.24, 2.45) is 0 Å². The molecule has 0 aliphatic heterocycles. The van der Waals surface area contributed by atoms with Gasteiger partial charge in [-0.05, 0) is 34.9 Å². The molecule has 1 amide bonds. The summed E-state index contributed by atoms with van der Waals surface area (Å²) in [5.74, 6) is -1.40. The molecule has 4 nitrogen and oxygen atoms in total. The lowest BCUT2D eigenvalue weighted by Gasteiger charge is -2.05. The number of carboxylic acid groups (broad SMARTS) is 1. The largest absolute Gasteiger partial charge is 0.478 e. The average molecular weight is 337 g/mol. The molecular weight excluding hydrogens is 322 g/mol. The van der Waals surface area contributed by atoms with Crippen LogP contribution in [0.2, 0.25) is 0 Å². The molecule has 2 N–H and O–H groups in total. The number of hydrogen-bond acceptors (Lipinski definition) is 3. The van der Waals surface area contributed by atoms with Crippen LogP contribution in [0.4, 0.5) is 5.69 Å². The molecule has 24 heavy (non-hydrogen) atoms.